The first-order valence-corrected chi connectivity index (χ1v) is 15.6. The molecule has 1 saturated carbocycles. The Hall–Kier alpha value is -4.53. The van der Waals surface area contributed by atoms with Crippen LogP contribution in [0.2, 0.25) is 0 Å². The van der Waals surface area contributed by atoms with Crippen LogP contribution in [0.3, 0.4) is 0 Å². The Labute approximate surface area is 263 Å². The molecule has 1 heterocycles. The van der Waals surface area contributed by atoms with Gasteiger partial charge in [-0.15, -0.1) is 0 Å². The second-order valence-electron chi connectivity index (χ2n) is 11.8. The molecular weight excluding hydrogens is 573 g/mol. The molecule has 4 rings (SSSR count). The van der Waals surface area contributed by atoms with Crippen molar-refractivity contribution in [2.24, 2.45) is 11.8 Å². The highest BCUT2D eigenvalue weighted by atomic mass is 19.1. The summed E-state index contributed by atoms with van der Waals surface area (Å²) in [6.45, 7) is 7.68. The molecule has 45 heavy (non-hydrogen) atoms. The van der Waals surface area contributed by atoms with Gasteiger partial charge in [0.1, 0.15) is 5.69 Å². The zero-order valence-corrected chi connectivity index (χ0v) is 26.0. The Morgan fingerprint density at radius 2 is 1.73 bits per heavy atom. The van der Waals surface area contributed by atoms with Crippen LogP contribution in [0.15, 0.2) is 77.8 Å². The second-order valence-corrected chi connectivity index (χ2v) is 11.8. The lowest BCUT2D eigenvalue weighted by atomic mass is 9.91. The lowest BCUT2D eigenvalue weighted by Gasteiger charge is -2.16. The number of aromatic nitrogens is 1. The summed E-state index contributed by atoms with van der Waals surface area (Å²) in [6.07, 6.45) is 11.3. The van der Waals surface area contributed by atoms with Crippen LogP contribution in [-0.4, -0.2) is 34.4 Å². The average molecular weight is 616 g/mol. The highest BCUT2D eigenvalue weighted by molar-refractivity contribution is 6.03. The molecule has 2 amide bonds. The number of hydrogen-bond acceptors (Lipinski definition) is 5. The van der Waals surface area contributed by atoms with Gasteiger partial charge in [0.25, 0.3) is 11.8 Å². The molecule has 1 aliphatic carbocycles. The molecule has 3 atom stereocenters. The largest absolute Gasteiger partial charge is 0.481 e. The van der Waals surface area contributed by atoms with Crippen LogP contribution in [0, 0.1) is 11.8 Å². The lowest BCUT2D eigenvalue weighted by Crippen LogP contribution is -2.25. The van der Waals surface area contributed by atoms with Gasteiger partial charge in [-0.3, -0.25) is 14.4 Å². The van der Waals surface area contributed by atoms with Crippen molar-refractivity contribution in [1.82, 2.24) is 10.3 Å². The molecule has 3 unspecified atom stereocenters. The third-order valence-electron chi connectivity index (χ3n) is 8.26. The Balaban J connectivity index is 1.46. The van der Waals surface area contributed by atoms with Crippen LogP contribution in [0.25, 0.3) is 11.1 Å². The number of allylic oxidation sites excluding steroid dienone is 3. The van der Waals surface area contributed by atoms with Gasteiger partial charge in [0, 0.05) is 24.2 Å². The molecular formula is C36H42FN3O5. The number of carbonyl (C=O) groups excluding carboxylic acids is 2. The molecule has 3 aromatic rings. The quantitative estimate of drug-likeness (QED) is 0.133. The van der Waals surface area contributed by atoms with Gasteiger partial charge in [-0.1, -0.05) is 69.5 Å². The summed E-state index contributed by atoms with van der Waals surface area (Å²) in [6, 6.07) is 14.0. The highest BCUT2D eigenvalue weighted by Gasteiger charge is 2.36. The zero-order chi connectivity index (χ0) is 32.4. The summed E-state index contributed by atoms with van der Waals surface area (Å²) in [5.41, 5.74) is 0.331. The Bertz CT molecular complexity index is 1510. The van der Waals surface area contributed by atoms with E-state index in [1.54, 1.807) is 49.4 Å². The van der Waals surface area contributed by atoms with Crippen molar-refractivity contribution < 1.29 is 28.3 Å². The minimum atomic E-state index is -2.16. The van der Waals surface area contributed by atoms with Crippen molar-refractivity contribution in [3.8, 4) is 11.1 Å². The number of carboxylic acid groups (broad SMARTS) is 1. The molecule has 9 heteroatoms. The van der Waals surface area contributed by atoms with Crippen molar-refractivity contribution in [2.75, 3.05) is 11.9 Å². The summed E-state index contributed by atoms with van der Waals surface area (Å²) in [7, 11) is 0. The summed E-state index contributed by atoms with van der Waals surface area (Å²) in [5, 5.41) is 14.1. The van der Waals surface area contributed by atoms with E-state index >= 15 is 4.39 Å². The number of benzene rings is 2. The average Bonchev–Trinajstić information content (AvgIpc) is 3.36. The second kappa shape index (κ2) is 15.5. The van der Waals surface area contributed by atoms with Crippen LogP contribution in [-0.2, 0) is 16.9 Å². The number of aliphatic carboxylic acids is 1. The van der Waals surface area contributed by atoms with Gasteiger partial charge >= 0.3 is 5.97 Å². The monoisotopic (exact) mass is 615 g/mol. The predicted octanol–water partition coefficient (Wildman–Crippen LogP) is 7.87. The van der Waals surface area contributed by atoms with E-state index in [-0.39, 0.29) is 30.3 Å². The van der Waals surface area contributed by atoms with Gasteiger partial charge in [-0.05, 0) is 79.1 Å². The molecule has 3 N–H and O–H groups in total. The molecule has 0 spiro atoms. The van der Waals surface area contributed by atoms with Crippen molar-refractivity contribution in [3.05, 3.63) is 96.2 Å². The number of anilines is 1. The van der Waals surface area contributed by atoms with Crippen LogP contribution in [0.4, 0.5) is 10.1 Å². The maximum Gasteiger partial charge on any atom is 0.305 e. The van der Waals surface area contributed by atoms with Gasteiger partial charge in [-0.2, -0.15) is 0 Å². The molecule has 1 aliphatic rings. The van der Waals surface area contributed by atoms with E-state index in [2.05, 4.69) is 29.1 Å². The molecule has 238 valence electrons. The van der Waals surface area contributed by atoms with Crippen molar-refractivity contribution in [2.45, 2.75) is 70.9 Å². The topological polar surface area (TPSA) is 122 Å². The number of nitrogens with zero attached hydrogens (tertiary/aromatic N) is 1. The number of aryl methyl sites for hydroxylation is 1. The predicted molar refractivity (Wildman–Crippen MR) is 173 cm³/mol. The van der Waals surface area contributed by atoms with E-state index in [4.69, 9.17) is 9.52 Å². The molecule has 0 bridgehead atoms. The normalized spacial score (nSPS) is 18.1. The fourth-order valence-electron chi connectivity index (χ4n) is 5.82. The Morgan fingerprint density at radius 3 is 2.38 bits per heavy atom. The maximum absolute atomic E-state index is 16.0. The van der Waals surface area contributed by atoms with Crippen molar-refractivity contribution in [3.63, 3.8) is 0 Å². The van der Waals surface area contributed by atoms with Crippen molar-refractivity contribution in [1.29, 1.82) is 0 Å². The van der Waals surface area contributed by atoms with Crippen LogP contribution < -0.4 is 10.6 Å². The smallest absolute Gasteiger partial charge is 0.305 e. The molecule has 0 aliphatic heterocycles. The first kappa shape index (κ1) is 33.4. The van der Waals surface area contributed by atoms with E-state index in [1.165, 1.54) is 25.3 Å². The standard InChI is InChI=1S/C36H42FN3O5/c1-4-21-36(37,5-2)33-32(45-30(40-33)19-10-25-9-7-6-8-24(3)23-25)35(44)39-29-17-15-27(16-18-29)26-11-13-28(14-12-26)34(43)38-22-20-31(41)42/h4-5,11-18,21,24-25H,2,6-10,19-20,22-23H2,1,3H3,(H,38,43)(H,39,44)(H,41,42)/b21-4-. The first-order valence-electron chi connectivity index (χ1n) is 15.6. The SMILES string of the molecule is C=CC(F)(/C=C\C)c1nc(CCC2CCCCC(C)C2)oc1C(=O)Nc1ccc(-c2ccc(C(=O)NCCC(=O)O)cc2)cc1. The number of rotatable bonds is 13. The van der Waals surface area contributed by atoms with Crippen LogP contribution >= 0.6 is 0 Å². The molecule has 1 fully saturated rings. The van der Waals surface area contributed by atoms with E-state index in [0.717, 1.165) is 36.5 Å². The third-order valence-corrected chi connectivity index (χ3v) is 8.26. The minimum absolute atomic E-state index is 0.0506. The highest BCUT2D eigenvalue weighted by Crippen LogP contribution is 2.34. The fourth-order valence-corrected chi connectivity index (χ4v) is 5.82. The van der Waals surface area contributed by atoms with Crippen LogP contribution in [0.1, 0.15) is 91.3 Å². The Morgan fingerprint density at radius 1 is 1.07 bits per heavy atom. The summed E-state index contributed by atoms with van der Waals surface area (Å²) in [4.78, 5) is 40.8. The summed E-state index contributed by atoms with van der Waals surface area (Å²) >= 11 is 0. The molecule has 2 aromatic carbocycles. The third kappa shape index (κ3) is 9.00. The van der Waals surface area contributed by atoms with Gasteiger partial charge < -0.3 is 20.2 Å². The molecule has 8 nitrogen and oxygen atoms in total. The van der Waals surface area contributed by atoms with Crippen molar-refractivity contribution >= 4 is 23.5 Å². The molecule has 0 saturated heterocycles. The Kier molecular flexibility index (Phi) is 11.5. The van der Waals surface area contributed by atoms with Crippen LogP contribution in [0.5, 0.6) is 0 Å². The number of hydrogen-bond donors (Lipinski definition) is 3. The number of amides is 2. The minimum Gasteiger partial charge on any atom is -0.481 e. The molecule has 0 radical (unpaired) electrons. The van der Waals surface area contributed by atoms with E-state index < -0.39 is 17.5 Å². The number of carbonyl (C=O) groups is 3. The van der Waals surface area contributed by atoms with Gasteiger partial charge in [0.05, 0.1) is 6.42 Å². The fraction of sp³-hybridized carbons (Fsp3) is 0.389. The summed E-state index contributed by atoms with van der Waals surface area (Å²) < 4.78 is 21.9. The number of nitrogens with one attached hydrogen (secondary N) is 2. The number of halogens is 1. The van der Waals surface area contributed by atoms with E-state index in [9.17, 15) is 14.4 Å². The summed E-state index contributed by atoms with van der Waals surface area (Å²) in [5.74, 6) is -0.537. The number of carboxylic acids is 1. The zero-order valence-electron chi connectivity index (χ0n) is 26.0. The van der Waals surface area contributed by atoms with Gasteiger partial charge in [-0.25, -0.2) is 9.37 Å². The van der Waals surface area contributed by atoms with E-state index in [0.29, 0.717) is 35.4 Å². The number of oxazole rings is 1. The maximum atomic E-state index is 16.0. The number of alkyl halides is 1. The molecule has 1 aromatic heterocycles. The first-order chi connectivity index (χ1) is 21.6. The van der Waals surface area contributed by atoms with E-state index in [1.807, 2.05) is 12.1 Å². The van der Waals surface area contributed by atoms with Gasteiger partial charge in [0.2, 0.25) is 5.76 Å². The lowest BCUT2D eigenvalue weighted by molar-refractivity contribution is -0.136. The van der Waals surface area contributed by atoms with Gasteiger partial charge in [0.15, 0.2) is 11.6 Å².